The highest BCUT2D eigenvalue weighted by molar-refractivity contribution is 7.87. The minimum Gasteiger partial charge on any atom is -0.454 e. The normalized spacial score (nSPS) is 13.9. The second-order valence-electron chi connectivity index (χ2n) is 6.33. The van der Waals surface area contributed by atoms with Gasteiger partial charge in [0.25, 0.3) is 0 Å². The molecule has 0 saturated heterocycles. The molecule has 0 atom stereocenters. The molecule has 0 radical (unpaired) electrons. The summed E-state index contributed by atoms with van der Waals surface area (Å²) in [7, 11) is -3.89. The molecule has 3 rings (SSSR count). The van der Waals surface area contributed by atoms with Crippen LogP contribution in [0.4, 0.5) is 0 Å². The van der Waals surface area contributed by atoms with Crippen molar-refractivity contribution < 1.29 is 22.1 Å². The van der Waals surface area contributed by atoms with Crippen molar-refractivity contribution in [3.63, 3.8) is 0 Å². The van der Waals surface area contributed by atoms with Crippen molar-refractivity contribution in [1.82, 2.24) is 0 Å². The maximum absolute atomic E-state index is 12.4. The molecule has 0 aliphatic carbocycles. The van der Waals surface area contributed by atoms with Crippen molar-refractivity contribution in [3.8, 4) is 17.2 Å². The lowest BCUT2D eigenvalue weighted by molar-refractivity contribution is 0.174. The first kappa shape index (κ1) is 15.7. The Morgan fingerprint density at radius 2 is 1.61 bits per heavy atom. The van der Waals surface area contributed by atoms with Crippen molar-refractivity contribution >= 4 is 10.1 Å². The molecule has 0 amide bonds. The highest BCUT2D eigenvalue weighted by atomic mass is 32.2. The van der Waals surface area contributed by atoms with E-state index in [-0.39, 0.29) is 22.9 Å². The first-order valence-corrected chi connectivity index (χ1v) is 8.61. The van der Waals surface area contributed by atoms with E-state index in [9.17, 15) is 8.42 Å². The van der Waals surface area contributed by atoms with E-state index >= 15 is 0 Å². The molecule has 6 heteroatoms. The maximum Gasteiger partial charge on any atom is 0.339 e. The second kappa shape index (κ2) is 5.45. The molecule has 0 spiro atoms. The minimum absolute atomic E-state index is 0.0412. The Bertz CT molecular complexity index is 817. The standard InChI is InChI=1S/C17H18O5S/c1-17(2,3)12-4-7-14(8-5-12)23(18,19)22-13-6-9-15-16(10-13)21-11-20-15/h4-10H,11H2,1-3H3. The van der Waals surface area contributed by atoms with Crippen LogP contribution < -0.4 is 13.7 Å². The Morgan fingerprint density at radius 1 is 0.957 bits per heavy atom. The van der Waals surface area contributed by atoms with Crippen molar-refractivity contribution in [3.05, 3.63) is 48.0 Å². The van der Waals surface area contributed by atoms with E-state index in [0.29, 0.717) is 11.5 Å². The molecular formula is C17H18O5S. The summed E-state index contributed by atoms with van der Waals surface area (Å²) in [6.07, 6.45) is 0. The molecule has 23 heavy (non-hydrogen) atoms. The van der Waals surface area contributed by atoms with Crippen LogP contribution >= 0.6 is 0 Å². The summed E-state index contributed by atoms with van der Waals surface area (Å²) in [4.78, 5) is 0.114. The van der Waals surface area contributed by atoms with Gasteiger partial charge in [0.2, 0.25) is 6.79 Å². The second-order valence-corrected chi connectivity index (χ2v) is 7.87. The first-order valence-electron chi connectivity index (χ1n) is 7.20. The lowest BCUT2D eigenvalue weighted by Gasteiger charge is -2.19. The predicted molar refractivity (Wildman–Crippen MR) is 85.5 cm³/mol. The summed E-state index contributed by atoms with van der Waals surface area (Å²) < 4.78 is 40.3. The fourth-order valence-electron chi connectivity index (χ4n) is 2.23. The third kappa shape index (κ3) is 3.27. The number of benzene rings is 2. The summed E-state index contributed by atoms with van der Waals surface area (Å²) >= 11 is 0. The molecule has 0 bridgehead atoms. The van der Waals surface area contributed by atoms with Crippen LogP contribution in [0.5, 0.6) is 17.2 Å². The molecule has 2 aromatic rings. The lowest BCUT2D eigenvalue weighted by Crippen LogP contribution is -2.13. The predicted octanol–water partition coefficient (Wildman–Crippen LogP) is 3.48. The molecule has 0 N–H and O–H groups in total. The highest BCUT2D eigenvalue weighted by Gasteiger charge is 2.21. The van der Waals surface area contributed by atoms with Gasteiger partial charge >= 0.3 is 10.1 Å². The zero-order chi connectivity index (χ0) is 16.7. The number of fused-ring (bicyclic) bond motifs is 1. The Balaban J connectivity index is 1.84. The molecule has 0 aromatic heterocycles. The minimum atomic E-state index is -3.89. The molecular weight excluding hydrogens is 316 g/mol. The van der Waals surface area contributed by atoms with Crippen LogP contribution in [0.1, 0.15) is 26.3 Å². The molecule has 1 heterocycles. The number of ether oxygens (including phenoxy) is 2. The van der Waals surface area contributed by atoms with Crippen LogP contribution in [0.3, 0.4) is 0 Å². The van der Waals surface area contributed by atoms with Crippen LogP contribution in [0.2, 0.25) is 0 Å². The molecule has 1 aliphatic heterocycles. The average molecular weight is 334 g/mol. The van der Waals surface area contributed by atoms with Crippen molar-refractivity contribution in [2.75, 3.05) is 6.79 Å². The van der Waals surface area contributed by atoms with Crippen LogP contribution in [-0.2, 0) is 15.5 Å². The average Bonchev–Trinajstić information content (AvgIpc) is 2.93. The van der Waals surface area contributed by atoms with E-state index in [1.807, 2.05) is 0 Å². The number of hydrogen-bond acceptors (Lipinski definition) is 5. The monoisotopic (exact) mass is 334 g/mol. The maximum atomic E-state index is 12.4. The van der Waals surface area contributed by atoms with Crippen LogP contribution in [-0.4, -0.2) is 15.2 Å². The zero-order valence-corrected chi connectivity index (χ0v) is 14.0. The fourth-order valence-corrected chi connectivity index (χ4v) is 3.15. The fraction of sp³-hybridized carbons (Fsp3) is 0.294. The quantitative estimate of drug-likeness (QED) is 0.804. The lowest BCUT2D eigenvalue weighted by atomic mass is 9.87. The Labute approximate surface area is 135 Å². The summed E-state index contributed by atoms with van der Waals surface area (Å²) in [6, 6.07) is 11.4. The first-order chi connectivity index (χ1) is 10.8. The van der Waals surface area contributed by atoms with Crippen LogP contribution in [0.15, 0.2) is 47.4 Å². The van der Waals surface area contributed by atoms with Crippen LogP contribution in [0.25, 0.3) is 0 Å². The van der Waals surface area contributed by atoms with E-state index < -0.39 is 10.1 Å². The van der Waals surface area contributed by atoms with E-state index in [2.05, 4.69) is 20.8 Å². The number of hydrogen-bond donors (Lipinski definition) is 0. The van der Waals surface area contributed by atoms with Gasteiger partial charge in [0.05, 0.1) is 0 Å². The summed E-state index contributed by atoms with van der Waals surface area (Å²) in [5.74, 6) is 1.24. The molecule has 5 nitrogen and oxygen atoms in total. The van der Waals surface area contributed by atoms with Gasteiger partial charge in [0.1, 0.15) is 10.6 Å². The molecule has 1 aliphatic rings. The van der Waals surface area contributed by atoms with Gasteiger partial charge in [-0.25, -0.2) is 0 Å². The molecule has 0 saturated carbocycles. The van der Waals surface area contributed by atoms with Gasteiger partial charge in [-0.3, -0.25) is 0 Å². The van der Waals surface area contributed by atoms with Gasteiger partial charge in [-0.2, -0.15) is 8.42 Å². The van der Waals surface area contributed by atoms with E-state index in [4.69, 9.17) is 13.7 Å². The summed E-state index contributed by atoms with van der Waals surface area (Å²) in [6.45, 7) is 6.33. The number of rotatable bonds is 3. The van der Waals surface area contributed by atoms with Gasteiger partial charge in [-0.05, 0) is 35.2 Å². The van der Waals surface area contributed by atoms with E-state index in [1.165, 1.54) is 12.1 Å². The van der Waals surface area contributed by atoms with Gasteiger partial charge in [0.15, 0.2) is 11.5 Å². The smallest absolute Gasteiger partial charge is 0.339 e. The highest BCUT2D eigenvalue weighted by Crippen LogP contribution is 2.36. The SMILES string of the molecule is CC(C)(C)c1ccc(S(=O)(=O)Oc2ccc3c(c2)OCO3)cc1. The molecule has 2 aromatic carbocycles. The third-order valence-electron chi connectivity index (χ3n) is 3.56. The van der Waals surface area contributed by atoms with Gasteiger partial charge in [-0.15, -0.1) is 0 Å². The topological polar surface area (TPSA) is 61.8 Å². The van der Waals surface area contributed by atoms with Gasteiger partial charge in [-0.1, -0.05) is 32.9 Å². The van der Waals surface area contributed by atoms with E-state index in [0.717, 1.165) is 5.56 Å². The van der Waals surface area contributed by atoms with Crippen LogP contribution in [0, 0.1) is 0 Å². The van der Waals surface area contributed by atoms with Crippen molar-refractivity contribution in [1.29, 1.82) is 0 Å². The molecule has 122 valence electrons. The Hall–Kier alpha value is -2.21. The van der Waals surface area contributed by atoms with Gasteiger partial charge < -0.3 is 13.7 Å². The largest absolute Gasteiger partial charge is 0.454 e. The third-order valence-corrected chi connectivity index (χ3v) is 4.82. The Kier molecular flexibility index (Phi) is 3.72. The van der Waals surface area contributed by atoms with Crippen molar-refractivity contribution in [2.24, 2.45) is 0 Å². The Morgan fingerprint density at radius 3 is 2.26 bits per heavy atom. The van der Waals surface area contributed by atoms with E-state index in [1.54, 1.807) is 30.3 Å². The summed E-state index contributed by atoms with van der Waals surface area (Å²) in [5.41, 5.74) is 1.01. The molecule has 0 fully saturated rings. The zero-order valence-electron chi connectivity index (χ0n) is 13.2. The molecule has 0 unspecified atom stereocenters. The summed E-state index contributed by atoms with van der Waals surface area (Å²) in [5, 5.41) is 0. The van der Waals surface area contributed by atoms with Gasteiger partial charge in [0, 0.05) is 6.07 Å². The van der Waals surface area contributed by atoms with Crippen molar-refractivity contribution in [2.45, 2.75) is 31.1 Å².